The van der Waals surface area contributed by atoms with Gasteiger partial charge in [-0.25, -0.2) is 19.7 Å². The maximum absolute atomic E-state index is 12.3. The first kappa shape index (κ1) is 28.2. The van der Waals surface area contributed by atoms with Crippen molar-refractivity contribution in [3.05, 3.63) is 90.4 Å². The van der Waals surface area contributed by atoms with Crippen molar-refractivity contribution in [2.24, 2.45) is 5.41 Å². The number of carbonyl (C=O) groups is 1. The minimum absolute atomic E-state index is 0.0588. The minimum atomic E-state index is -0.666. The van der Waals surface area contributed by atoms with Gasteiger partial charge in [0.05, 0.1) is 23.0 Å². The summed E-state index contributed by atoms with van der Waals surface area (Å²) in [5, 5.41) is 4.59. The maximum Gasteiger partial charge on any atom is 0.413 e. The Balaban J connectivity index is 1.05. The number of hydrogen-bond donors (Lipinski definition) is 2. The number of aromatic nitrogens is 4. The predicted molar refractivity (Wildman–Crippen MR) is 168 cm³/mol. The molecule has 10 nitrogen and oxygen atoms in total. The normalized spacial score (nSPS) is 24.0. The molecule has 2 aromatic carbocycles. The number of nitrogens with two attached hydrogens (primary N) is 1. The summed E-state index contributed by atoms with van der Waals surface area (Å²) in [7, 11) is 0. The van der Waals surface area contributed by atoms with Gasteiger partial charge >= 0.3 is 6.09 Å². The Kier molecular flexibility index (Phi) is 6.98. The molecule has 0 radical (unpaired) electrons. The Bertz CT molecular complexity index is 1840. The molecule has 1 aliphatic carbocycles. The van der Waals surface area contributed by atoms with Crippen LogP contribution in [0, 0.1) is 5.41 Å². The fourth-order valence-corrected chi connectivity index (χ4v) is 6.77. The van der Waals surface area contributed by atoms with E-state index < -0.39 is 11.9 Å². The largest absolute Gasteiger partial charge is 0.444 e. The van der Waals surface area contributed by atoms with Crippen LogP contribution >= 0.6 is 0 Å². The molecule has 44 heavy (non-hydrogen) atoms. The molecule has 1 saturated carbocycles. The lowest BCUT2D eigenvalue weighted by atomic mass is 9.80. The fourth-order valence-electron chi connectivity index (χ4n) is 6.77. The van der Waals surface area contributed by atoms with Gasteiger partial charge in [-0.15, -0.1) is 0 Å². The molecule has 0 bridgehead atoms. The average molecular weight is 593 g/mol. The number of hydrogen-bond acceptors (Lipinski definition) is 8. The number of pyridine rings is 1. The molecular formula is C34H36N6O4. The summed E-state index contributed by atoms with van der Waals surface area (Å²) in [4.78, 5) is 25.6. The molecule has 226 valence electrons. The number of aryl methyl sites for hydroxylation is 1. The first-order chi connectivity index (χ1) is 21.2. The zero-order valence-electron chi connectivity index (χ0n) is 25.1. The third-order valence-corrected chi connectivity index (χ3v) is 8.95. The van der Waals surface area contributed by atoms with E-state index in [0.717, 1.165) is 46.8 Å². The number of nitrogens with one attached hydrogen (secondary N) is 1. The molecule has 1 amide bonds. The number of fused-ring (bicyclic) bond motifs is 3. The van der Waals surface area contributed by atoms with Crippen LogP contribution in [0.25, 0.3) is 21.9 Å². The highest BCUT2D eigenvalue weighted by molar-refractivity contribution is 5.87. The quantitative estimate of drug-likeness (QED) is 0.222. The van der Waals surface area contributed by atoms with Gasteiger partial charge in [0.1, 0.15) is 36.3 Å². The number of nitrogen functional groups attached to an aromatic ring is 1. The van der Waals surface area contributed by atoms with E-state index in [0.29, 0.717) is 11.6 Å². The van der Waals surface area contributed by atoms with Crippen molar-refractivity contribution < 1.29 is 19.0 Å². The molecule has 1 aliphatic heterocycles. The van der Waals surface area contributed by atoms with E-state index in [9.17, 15) is 4.79 Å². The van der Waals surface area contributed by atoms with Crippen molar-refractivity contribution in [3.63, 3.8) is 0 Å². The van der Waals surface area contributed by atoms with E-state index in [4.69, 9.17) is 19.9 Å². The molecule has 5 aromatic rings. The summed E-state index contributed by atoms with van der Waals surface area (Å²) in [5.41, 5.74) is 9.77. The van der Waals surface area contributed by atoms with Gasteiger partial charge in [0.15, 0.2) is 5.79 Å². The van der Waals surface area contributed by atoms with Crippen molar-refractivity contribution in [2.75, 3.05) is 11.1 Å². The van der Waals surface area contributed by atoms with Crippen molar-refractivity contribution in [1.29, 1.82) is 0 Å². The van der Waals surface area contributed by atoms with Crippen LogP contribution in [0.2, 0.25) is 0 Å². The summed E-state index contributed by atoms with van der Waals surface area (Å²) >= 11 is 0. The molecule has 4 heterocycles. The number of rotatable bonds is 7. The van der Waals surface area contributed by atoms with Crippen LogP contribution in [0.15, 0.2) is 79.3 Å². The number of nitrogens with zero attached hydrogens (tertiary/aromatic N) is 4. The summed E-state index contributed by atoms with van der Waals surface area (Å²) in [6.07, 6.45) is 5.54. The number of amides is 1. The number of benzene rings is 2. The van der Waals surface area contributed by atoms with Gasteiger partial charge in [-0.1, -0.05) is 43.3 Å². The van der Waals surface area contributed by atoms with Gasteiger partial charge < -0.3 is 24.5 Å². The van der Waals surface area contributed by atoms with Gasteiger partial charge in [-0.3, -0.25) is 5.32 Å². The molecule has 2 fully saturated rings. The highest BCUT2D eigenvalue weighted by atomic mass is 16.8. The molecule has 3 aromatic heterocycles. The topological polar surface area (TPSA) is 126 Å². The second kappa shape index (κ2) is 10.9. The van der Waals surface area contributed by atoms with E-state index in [2.05, 4.69) is 43.9 Å². The SMILES string of the molecule is CC1(C)O[C@H]2[C@H](n3ccc4c(N)ncnc43)C[C@](C)(CCc3ccc4nc(NC(=O)OCc5ccccc5)ccc4c3)[C@H]2O1. The van der Waals surface area contributed by atoms with Gasteiger partial charge in [-0.2, -0.15) is 0 Å². The first-order valence-corrected chi connectivity index (χ1v) is 15.0. The predicted octanol–water partition coefficient (Wildman–Crippen LogP) is 6.41. The van der Waals surface area contributed by atoms with Crippen molar-refractivity contribution in [1.82, 2.24) is 19.5 Å². The Morgan fingerprint density at radius 3 is 2.73 bits per heavy atom. The van der Waals surface area contributed by atoms with Crippen molar-refractivity contribution in [2.45, 2.75) is 70.7 Å². The van der Waals surface area contributed by atoms with Crippen LogP contribution in [-0.2, 0) is 27.2 Å². The lowest BCUT2D eigenvalue weighted by Gasteiger charge is -2.32. The van der Waals surface area contributed by atoms with Crippen LogP contribution in [0.3, 0.4) is 0 Å². The smallest absolute Gasteiger partial charge is 0.413 e. The van der Waals surface area contributed by atoms with Crippen LogP contribution in [0.5, 0.6) is 0 Å². The first-order valence-electron chi connectivity index (χ1n) is 15.0. The average Bonchev–Trinajstić information content (AvgIpc) is 3.66. The summed E-state index contributed by atoms with van der Waals surface area (Å²) in [5.74, 6) is 0.261. The number of ether oxygens (including phenoxy) is 3. The Hall–Kier alpha value is -4.54. The van der Waals surface area contributed by atoms with E-state index >= 15 is 0 Å². The molecule has 0 spiro atoms. The van der Waals surface area contributed by atoms with Crippen LogP contribution < -0.4 is 11.1 Å². The summed E-state index contributed by atoms with van der Waals surface area (Å²) in [6.45, 7) is 6.48. The summed E-state index contributed by atoms with van der Waals surface area (Å²) < 4.78 is 20.6. The minimum Gasteiger partial charge on any atom is -0.444 e. The Labute approximate surface area is 255 Å². The van der Waals surface area contributed by atoms with Gasteiger partial charge in [0.2, 0.25) is 0 Å². The van der Waals surface area contributed by atoms with E-state index in [1.54, 1.807) is 6.07 Å². The number of anilines is 2. The Morgan fingerprint density at radius 1 is 1.05 bits per heavy atom. The van der Waals surface area contributed by atoms with Crippen LogP contribution in [-0.4, -0.2) is 43.6 Å². The highest BCUT2D eigenvalue weighted by Crippen LogP contribution is 2.55. The standard InChI is InChI=1S/C34H36N6O4/c1-33(2)43-28-26(40-16-14-24-30(35)36-20-37-31(24)40)18-34(3,29(28)44-33)15-13-21-9-11-25-23(17-21)10-12-27(38-25)39-32(41)42-19-22-7-5-4-6-8-22/h4-12,14,16-17,20,26,28-29H,13,15,18-19H2,1-3H3,(H2,35,36,37)(H,38,39,41)/t26-,28+,29+,34+/m1/s1. The third kappa shape index (κ3) is 5.35. The lowest BCUT2D eigenvalue weighted by Crippen LogP contribution is -2.34. The zero-order valence-corrected chi connectivity index (χ0v) is 25.1. The molecule has 3 N–H and O–H groups in total. The molecular weight excluding hydrogens is 556 g/mol. The molecule has 2 aliphatic rings. The van der Waals surface area contributed by atoms with E-state index in [1.165, 1.54) is 11.9 Å². The molecule has 1 saturated heterocycles. The zero-order chi connectivity index (χ0) is 30.5. The third-order valence-electron chi connectivity index (χ3n) is 8.95. The van der Waals surface area contributed by atoms with Gasteiger partial charge in [0.25, 0.3) is 0 Å². The van der Waals surface area contributed by atoms with Crippen molar-refractivity contribution in [3.8, 4) is 0 Å². The number of carbonyl (C=O) groups excluding carboxylic acids is 1. The molecule has 10 heteroatoms. The fraction of sp³-hybridized carbons (Fsp3) is 0.353. The van der Waals surface area contributed by atoms with Crippen LogP contribution in [0.4, 0.5) is 16.4 Å². The molecule has 0 unspecified atom stereocenters. The molecule has 4 atom stereocenters. The maximum atomic E-state index is 12.3. The molecule has 7 rings (SSSR count). The van der Waals surface area contributed by atoms with Crippen LogP contribution in [0.1, 0.15) is 50.8 Å². The second-order valence-corrected chi connectivity index (χ2v) is 12.6. The summed E-state index contributed by atoms with van der Waals surface area (Å²) in [6, 6.07) is 21.7. The van der Waals surface area contributed by atoms with Crippen molar-refractivity contribution >= 4 is 39.7 Å². The van der Waals surface area contributed by atoms with Gasteiger partial charge in [0, 0.05) is 11.6 Å². The monoisotopic (exact) mass is 592 g/mol. The van der Waals surface area contributed by atoms with E-state index in [1.807, 2.05) is 68.6 Å². The van der Waals surface area contributed by atoms with E-state index in [-0.39, 0.29) is 30.3 Å². The highest BCUT2D eigenvalue weighted by Gasteiger charge is 2.59. The lowest BCUT2D eigenvalue weighted by molar-refractivity contribution is -0.168. The second-order valence-electron chi connectivity index (χ2n) is 12.6. The Morgan fingerprint density at radius 2 is 1.89 bits per heavy atom. The van der Waals surface area contributed by atoms with Gasteiger partial charge in [-0.05, 0) is 80.0 Å².